The molecule has 0 radical (unpaired) electrons. The van der Waals surface area contributed by atoms with Gasteiger partial charge in [-0.05, 0) is 25.5 Å². The Morgan fingerprint density at radius 2 is 1.96 bits per heavy atom. The average Bonchev–Trinajstić information content (AvgIpc) is 2.64. The van der Waals surface area contributed by atoms with Crippen molar-refractivity contribution in [3.8, 4) is 5.75 Å². The number of hydrogen-bond donors (Lipinski definition) is 3. The van der Waals surface area contributed by atoms with Gasteiger partial charge in [0.1, 0.15) is 12.4 Å². The summed E-state index contributed by atoms with van der Waals surface area (Å²) in [5.74, 6) is 1.35. The molecule has 0 bridgehead atoms. The molecule has 0 atom stereocenters. The number of aliphatic imine (C=N–C) groups is 1. The van der Waals surface area contributed by atoms with Gasteiger partial charge in [0.05, 0.1) is 19.8 Å². The minimum Gasteiger partial charge on any atom is -0.492 e. The number of anilines is 1. The molecule has 0 fully saturated rings. The zero-order valence-electron chi connectivity index (χ0n) is 17.0. The lowest BCUT2D eigenvalue weighted by atomic mass is 10.3. The second kappa shape index (κ2) is 17.5. The largest absolute Gasteiger partial charge is 0.492 e. The highest BCUT2D eigenvalue weighted by atomic mass is 127. The molecular formula is C19H33IN4O4. The molecule has 0 saturated heterocycles. The quantitative estimate of drug-likeness (QED) is 0.164. The smallest absolute Gasteiger partial charge is 0.221 e. The fourth-order valence-electron chi connectivity index (χ4n) is 2.15. The zero-order valence-corrected chi connectivity index (χ0v) is 19.3. The standard InChI is InChI=1S/C19H32N4O4.HI/c1-4-20-19(21-9-6-11-26-14-13-25-3)22-10-12-27-18-8-5-7-17(15-18)23-16(2)24;/h5,7-8,15H,4,6,9-14H2,1-3H3,(H,23,24)(H2,20,21,22);1H. The van der Waals surface area contributed by atoms with E-state index in [2.05, 4.69) is 20.9 Å². The number of guanidine groups is 1. The lowest BCUT2D eigenvalue weighted by Crippen LogP contribution is -2.39. The fourth-order valence-corrected chi connectivity index (χ4v) is 2.15. The second-order valence-corrected chi connectivity index (χ2v) is 5.70. The van der Waals surface area contributed by atoms with Gasteiger partial charge >= 0.3 is 0 Å². The van der Waals surface area contributed by atoms with Crippen molar-refractivity contribution >= 4 is 41.5 Å². The molecule has 1 amide bonds. The maximum Gasteiger partial charge on any atom is 0.221 e. The predicted molar refractivity (Wildman–Crippen MR) is 123 cm³/mol. The lowest BCUT2D eigenvalue weighted by Gasteiger charge is -2.12. The molecule has 0 aliphatic heterocycles. The molecule has 0 aliphatic carbocycles. The van der Waals surface area contributed by atoms with Crippen LogP contribution in [0.5, 0.6) is 5.75 Å². The van der Waals surface area contributed by atoms with Gasteiger partial charge in [-0.25, -0.2) is 0 Å². The van der Waals surface area contributed by atoms with Gasteiger partial charge in [0.25, 0.3) is 0 Å². The molecule has 9 heteroatoms. The summed E-state index contributed by atoms with van der Waals surface area (Å²) < 4.78 is 16.1. The molecule has 8 nitrogen and oxygen atoms in total. The van der Waals surface area contributed by atoms with E-state index in [-0.39, 0.29) is 29.9 Å². The summed E-state index contributed by atoms with van der Waals surface area (Å²) in [5, 5.41) is 9.16. The number of amides is 1. The maximum atomic E-state index is 11.1. The summed E-state index contributed by atoms with van der Waals surface area (Å²) in [6.07, 6.45) is 0.854. The third kappa shape index (κ3) is 13.6. The molecule has 160 valence electrons. The topological polar surface area (TPSA) is 93.2 Å². The average molecular weight is 508 g/mol. The number of nitrogens with one attached hydrogen (secondary N) is 3. The van der Waals surface area contributed by atoms with Crippen LogP contribution in [-0.4, -0.2) is 65.0 Å². The molecule has 0 unspecified atom stereocenters. The van der Waals surface area contributed by atoms with Crippen LogP contribution in [0.1, 0.15) is 20.3 Å². The van der Waals surface area contributed by atoms with Gasteiger partial charge in [-0.2, -0.15) is 0 Å². The predicted octanol–water partition coefficient (Wildman–Crippen LogP) is 2.25. The van der Waals surface area contributed by atoms with E-state index in [1.807, 2.05) is 25.1 Å². The van der Waals surface area contributed by atoms with E-state index in [1.54, 1.807) is 13.2 Å². The summed E-state index contributed by atoms with van der Waals surface area (Å²) in [4.78, 5) is 15.6. The van der Waals surface area contributed by atoms with Gasteiger partial charge in [0, 0.05) is 45.5 Å². The number of carbonyl (C=O) groups excluding carboxylic acids is 1. The SMILES string of the molecule is CCNC(=NCCCOCCOC)NCCOc1cccc(NC(C)=O)c1.I. The fraction of sp³-hybridized carbons (Fsp3) is 0.579. The first-order valence-corrected chi connectivity index (χ1v) is 9.25. The Labute approximate surface area is 184 Å². The van der Waals surface area contributed by atoms with Gasteiger partial charge in [0.15, 0.2) is 5.96 Å². The van der Waals surface area contributed by atoms with Gasteiger partial charge in [0.2, 0.25) is 5.91 Å². The van der Waals surface area contributed by atoms with Crippen LogP contribution in [0.15, 0.2) is 29.3 Å². The number of benzene rings is 1. The summed E-state index contributed by atoms with van der Waals surface area (Å²) in [5.41, 5.74) is 0.718. The first kappa shape index (κ1) is 26.4. The number of ether oxygens (including phenoxy) is 3. The molecule has 0 saturated carbocycles. The summed E-state index contributed by atoms with van der Waals surface area (Å²) >= 11 is 0. The van der Waals surface area contributed by atoms with Crippen LogP contribution in [0.4, 0.5) is 5.69 Å². The Bertz CT molecular complexity index is 573. The van der Waals surface area contributed by atoms with Gasteiger partial charge in [-0.1, -0.05) is 6.07 Å². The molecule has 28 heavy (non-hydrogen) atoms. The van der Waals surface area contributed by atoms with Crippen molar-refractivity contribution in [2.45, 2.75) is 20.3 Å². The highest BCUT2D eigenvalue weighted by Gasteiger charge is 2.00. The molecule has 1 aromatic carbocycles. The Morgan fingerprint density at radius 1 is 1.14 bits per heavy atom. The Balaban J connectivity index is 0.00000729. The van der Waals surface area contributed by atoms with E-state index in [4.69, 9.17) is 14.2 Å². The molecule has 0 aromatic heterocycles. The van der Waals surface area contributed by atoms with Gasteiger partial charge in [-0.15, -0.1) is 24.0 Å². The molecule has 1 rings (SSSR count). The zero-order chi connectivity index (χ0) is 19.7. The maximum absolute atomic E-state index is 11.1. The van der Waals surface area contributed by atoms with Crippen molar-refractivity contribution in [1.82, 2.24) is 10.6 Å². The molecule has 0 heterocycles. The first-order valence-electron chi connectivity index (χ1n) is 9.25. The normalized spacial score (nSPS) is 10.8. The summed E-state index contributed by atoms with van der Waals surface area (Å²) in [6, 6.07) is 7.31. The highest BCUT2D eigenvalue weighted by Crippen LogP contribution is 2.16. The van der Waals surface area contributed by atoms with Crippen molar-refractivity contribution in [3.63, 3.8) is 0 Å². The highest BCUT2D eigenvalue weighted by molar-refractivity contribution is 14.0. The van der Waals surface area contributed by atoms with Crippen molar-refractivity contribution in [1.29, 1.82) is 0 Å². The van der Waals surface area contributed by atoms with Crippen molar-refractivity contribution in [2.24, 2.45) is 4.99 Å². The molecule has 0 spiro atoms. The van der Waals surface area contributed by atoms with Crippen LogP contribution in [0.3, 0.4) is 0 Å². The van der Waals surface area contributed by atoms with Crippen molar-refractivity contribution in [3.05, 3.63) is 24.3 Å². The Kier molecular flexibility index (Phi) is 16.5. The van der Waals surface area contributed by atoms with E-state index in [9.17, 15) is 4.79 Å². The van der Waals surface area contributed by atoms with Crippen LogP contribution >= 0.6 is 24.0 Å². The summed E-state index contributed by atoms with van der Waals surface area (Å²) in [6.45, 7) is 7.95. The van der Waals surface area contributed by atoms with E-state index in [1.165, 1.54) is 6.92 Å². The molecule has 3 N–H and O–H groups in total. The van der Waals surface area contributed by atoms with Crippen molar-refractivity contribution in [2.75, 3.05) is 58.5 Å². The number of hydrogen-bond acceptors (Lipinski definition) is 5. The molecular weight excluding hydrogens is 475 g/mol. The number of carbonyl (C=O) groups is 1. The van der Waals surface area contributed by atoms with Crippen LogP contribution < -0.4 is 20.7 Å². The lowest BCUT2D eigenvalue weighted by molar-refractivity contribution is -0.114. The minimum atomic E-state index is -0.107. The number of methoxy groups -OCH3 is 1. The van der Waals surface area contributed by atoms with Crippen LogP contribution in [0.2, 0.25) is 0 Å². The van der Waals surface area contributed by atoms with Gasteiger partial charge in [-0.3, -0.25) is 9.79 Å². The monoisotopic (exact) mass is 508 g/mol. The van der Waals surface area contributed by atoms with Crippen LogP contribution in [-0.2, 0) is 14.3 Å². The first-order chi connectivity index (χ1) is 13.2. The van der Waals surface area contributed by atoms with Crippen LogP contribution in [0.25, 0.3) is 0 Å². The Hall–Kier alpha value is -1.59. The van der Waals surface area contributed by atoms with Crippen molar-refractivity contribution < 1.29 is 19.0 Å². The second-order valence-electron chi connectivity index (χ2n) is 5.70. The van der Waals surface area contributed by atoms with E-state index in [0.29, 0.717) is 45.3 Å². The number of halogens is 1. The third-order valence-electron chi connectivity index (χ3n) is 3.31. The van der Waals surface area contributed by atoms with E-state index in [0.717, 1.165) is 24.6 Å². The molecule has 0 aliphatic rings. The van der Waals surface area contributed by atoms with Gasteiger partial charge < -0.3 is 30.2 Å². The summed E-state index contributed by atoms with van der Waals surface area (Å²) in [7, 11) is 1.66. The Morgan fingerprint density at radius 3 is 2.68 bits per heavy atom. The molecule has 1 aromatic rings. The number of rotatable bonds is 13. The third-order valence-corrected chi connectivity index (χ3v) is 3.31. The minimum absolute atomic E-state index is 0. The van der Waals surface area contributed by atoms with Crippen LogP contribution in [0, 0.1) is 0 Å². The number of nitrogens with zero attached hydrogens (tertiary/aromatic N) is 1. The van der Waals surface area contributed by atoms with E-state index < -0.39 is 0 Å². The van der Waals surface area contributed by atoms with E-state index >= 15 is 0 Å².